The fraction of sp³-hybridized carbons (Fsp3) is 0.250. The third-order valence-electron chi connectivity index (χ3n) is 3.47. The SMILES string of the molecule is c1ccc(CC2CNc3ccccc3C2)cc1. The van der Waals surface area contributed by atoms with Crippen molar-refractivity contribution in [2.45, 2.75) is 12.8 Å². The van der Waals surface area contributed by atoms with E-state index in [4.69, 9.17) is 0 Å². The summed E-state index contributed by atoms with van der Waals surface area (Å²) in [6, 6.07) is 19.4. The molecule has 1 aliphatic heterocycles. The molecule has 0 amide bonds. The summed E-state index contributed by atoms with van der Waals surface area (Å²) in [5, 5.41) is 3.53. The number of benzene rings is 2. The Morgan fingerprint density at radius 2 is 1.71 bits per heavy atom. The first kappa shape index (κ1) is 10.4. The summed E-state index contributed by atoms with van der Waals surface area (Å²) in [6.07, 6.45) is 2.36. The molecule has 1 aliphatic rings. The molecule has 0 saturated carbocycles. The standard InChI is InChI=1S/C16H17N/c1-2-6-13(7-3-1)10-14-11-15-8-4-5-9-16(15)17-12-14/h1-9,14,17H,10-12H2. The van der Waals surface area contributed by atoms with Gasteiger partial charge >= 0.3 is 0 Å². The molecule has 1 N–H and O–H groups in total. The highest BCUT2D eigenvalue weighted by molar-refractivity contribution is 5.53. The van der Waals surface area contributed by atoms with Crippen LogP contribution in [0.5, 0.6) is 0 Å². The first-order valence-corrected chi connectivity index (χ1v) is 6.27. The molecule has 0 fully saturated rings. The Morgan fingerprint density at radius 1 is 0.941 bits per heavy atom. The highest BCUT2D eigenvalue weighted by Crippen LogP contribution is 2.26. The minimum atomic E-state index is 0.715. The second-order valence-electron chi connectivity index (χ2n) is 4.80. The van der Waals surface area contributed by atoms with E-state index >= 15 is 0 Å². The van der Waals surface area contributed by atoms with Crippen molar-refractivity contribution in [2.24, 2.45) is 5.92 Å². The smallest absolute Gasteiger partial charge is 0.0372 e. The molecule has 0 bridgehead atoms. The predicted octanol–water partition coefficient (Wildman–Crippen LogP) is 3.51. The highest BCUT2D eigenvalue weighted by Gasteiger charge is 2.17. The Labute approximate surface area is 102 Å². The summed E-state index contributed by atoms with van der Waals surface area (Å²) in [5.41, 5.74) is 4.22. The average Bonchev–Trinajstić information content (AvgIpc) is 2.40. The Bertz CT molecular complexity index is 490. The van der Waals surface area contributed by atoms with Gasteiger partial charge in [0.15, 0.2) is 0 Å². The number of fused-ring (bicyclic) bond motifs is 1. The highest BCUT2D eigenvalue weighted by atomic mass is 14.9. The normalized spacial score (nSPS) is 18.2. The number of para-hydroxylation sites is 1. The van der Waals surface area contributed by atoms with Crippen molar-refractivity contribution < 1.29 is 0 Å². The molecule has 1 nitrogen and oxygen atoms in total. The zero-order valence-corrected chi connectivity index (χ0v) is 9.89. The van der Waals surface area contributed by atoms with Crippen LogP contribution in [0.4, 0.5) is 5.69 Å². The molecule has 0 radical (unpaired) electrons. The number of hydrogen-bond donors (Lipinski definition) is 1. The summed E-state index contributed by atoms with van der Waals surface area (Å²) in [4.78, 5) is 0. The van der Waals surface area contributed by atoms with Gasteiger partial charge in [-0.15, -0.1) is 0 Å². The van der Waals surface area contributed by atoms with Crippen molar-refractivity contribution >= 4 is 5.69 Å². The van der Waals surface area contributed by atoms with Crippen molar-refractivity contribution in [1.82, 2.24) is 0 Å². The van der Waals surface area contributed by atoms with Crippen LogP contribution in [-0.2, 0) is 12.8 Å². The topological polar surface area (TPSA) is 12.0 Å². The molecule has 1 heterocycles. The van der Waals surface area contributed by atoms with Crippen LogP contribution in [0.1, 0.15) is 11.1 Å². The van der Waals surface area contributed by atoms with Crippen molar-refractivity contribution in [3.05, 3.63) is 65.7 Å². The number of anilines is 1. The Kier molecular flexibility index (Phi) is 2.83. The second kappa shape index (κ2) is 4.62. The molecule has 0 aliphatic carbocycles. The summed E-state index contributed by atoms with van der Waals surface area (Å²) in [7, 11) is 0. The van der Waals surface area contributed by atoms with Crippen LogP contribution in [0.2, 0.25) is 0 Å². The Hall–Kier alpha value is -1.76. The third-order valence-corrected chi connectivity index (χ3v) is 3.47. The van der Waals surface area contributed by atoms with Gasteiger partial charge in [0.25, 0.3) is 0 Å². The van der Waals surface area contributed by atoms with Crippen molar-refractivity contribution in [2.75, 3.05) is 11.9 Å². The van der Waals surface area contributed by atoms with Gasteiger partial charge in [-0.05, 0) is 36.0 Å². The number of hydrogen-bond acceptors (Lipinski definition) is 1. The molecular weight excluding hydrogens is 206 g/mol. The van der Waals surface area contributed by atoms with Crippen LogP contribution in [-0.4, -0.2) is 6.54 Å². The lowest BCUT2D eigenvalue weighted by Gasteiger charge is -2.26. The lowest BCUT2D eigenvalue weighted by atomic mass is 9.89. The van der Waals surface area contributed by atoms with E-state index in [1.807, 2.05) is 0 Å². The average molecular weight is 223 g/mol. The fourth-order valence-electron chi connectivity index (χ4n) is 2.60. The molecule has 86 valence electrons. The molecule has 2 aromatic rings. The maximum Gasteiger partial charge on any atom is 0.0372 e. The lowest BCUT2D eigenvalue weighted by Crippen LogP contribution is -2.24. The summed E-state index contributed by atoms with van der Waals surface area (Å²) >= 11 is 0. The van der Waals surface area contributed by atoms with E-state index in [1.165, 1.54) is 29.7 Å². The first-order chi connectivity index (χ1) is 8.42. The molecule has 2 aromatic carbocycles. The van der Waals surface area contributed by atoms with E-state index in [0.29, 0.717) is 5.92 Å². The minimum Gasteiger partial charge on any atom is -0.385 e. The van der Waals surface area contributed by atoms with E-state index in [1.54, 1.807) is 0 Å². The fourth-order valence-corrected chi connectivity index (χ4v) is 2.60. The third kappa shape index (κ3) is 2.33. The van der Waals surface area contributed by atoms with Gasteiger partial charge in [0.05, 0.1) is 0 Å². The molecule has 3 rings (SSSR count). The summed E-state index contributed by atoms with van der Waals surface area (Å²) in [6.45, 7) is 1.09. The van der Waals surface area contributed by atoms with Crippen LogP contribution in [0, 0.1) is 5.92 Å². The second-order valence-corrected chi connectivity index (χ2v) is 4.80. The zero-order chi connectivity index (χ0) is 11.5. The minimum absolute atomic E-state index is 0.715. The quantitative estimate of drug-likeness (QED) is 0.821. The lowest BCUT2D eigenvalue weighted by molar-refractivity contribution is 0.535. The van der Waals surface area contributed by atoms with E-state index < -0.39 is 0 Å². The van der Waals surface area contributed by atoms with Crippen LogP contribution in [0.3, 0.4) is 0 Å². The molecule has 17 heavy (non-hydrogen) atoms. The Balaban J connectivity index is 1.72. The number of rotatable bonds is 2. The van der Waals surface area contributed by atoms with Crippen LogP contribution in [0.15, 0.2) is 54.6 Å². The zero-order valence-electron chi connectivity index (χ0n) is 9.89. The van der Waals surface area contributed by atoms with Gasteiger partial charge in [0, 0.05) is 12.2 Å². The van der Waals surface area contributed by atoms with Crippen molar-refractivity contribution in [3.63, 3.8) is 0 Å². The maximum absolute atomic E-state index is 3.53. The molecule has 0 saturated heterocycles. The van der Waals surface area contributed by atoms with Crippen LogP contribution < -0.4 is 5.32 Å². The van der Waals surface area contributed by atoms with Gasteiger partial charge in [0.2, 0.25) is 0 Å². The van der Waals surface area contributed by atoms with Gasteiger partial charge in [0.1, 0.15) is 0 Å². The predicted molar refractivity (Wildman–Crippen MR) is 72.3 cm³/mol. The Morgan fingerprint density at radius 3 is 2.59 bits per heavy atom. The van der Waals surface area contributed by atoms with E-state index in [0.717, 1.165) is 6.54 Å². The first-order valence-electron chi connectivity index (χ1n) is 6.27. The molecular formula is C16H17N. The molecule has 0 spiro atoms. The van der Waals surface area contributed by atoms with Gasteiger partial charge < -0.3 is 5.32 Å². The summed E-state index contributed by atoms with van der Waals surface area (Å²) in [5.74, 6) is 0.715. The van der Waals surface area contributed by atoms with E-state index in [9.17, 15) is 0 Å². The maximum atomic E-state index is 3.53. The largest absolute Gasteiger partial charge is 0.385 e. The number of nitrogens with one attached hydrogen (secondary N) is 1. The van der Waals surface area contributed by atoms with Crippen molar-refractivity contribution in [1.29, 1.82) is 0 Å². The monoisotopic (exact) mass is 223 g/mol. The van der Waals surface area contributed by atoms with Gasteiger partial charge in [-0.3, -0.25) is 0 Å². The van der Waals surface area contributed by atoms with E-state index in [-0.39, 0.29) is 0 Å². The molecule has 1 heteroatoms. The summed E-state index contributed by atoms with van der Waals surface area (Å²) < 4.78 is 0. The van der Waals surface area contributed by atoms with Gasteiger partial charge in [-0.25, -0.2) is 0 Å². The van der Waals surface area contributed by atoms with Gasteiger partial charge in [-0.2, -0.15) is 0 Å². The van der Waals surface area contributed by atoms with Gasteiger partial charge in [-0.1, -0.05) is 48.5 Å². The molecule has 0 aromatic heterocycles. The van der Waals surface area contributed by atoms with Crippen LogP contribution >= 0.6 is 0 Å². The molecule has 1 unspecified atom stereocenters. The van der Waals surface area contributed by atoms with Crippen LogP contribution in [0.25, 0.3) is 0 Å². The molecule has 1 atom stereocenters. The van der Waals surface area contributed by atoms with E-state index in [2.05, 4.69) is 59.9 Å². The van der Waals surface area contributed by atoms with Crippen molar-refractivity contribution in [3.8, 4) is 0 Å².